The zero-order valence-electron chi connectivity index (χ0n) is 12.9. The van der Waals surface area contributed by atoms with E-state index in [-0.39, 0.29) is 11.3 Å². The van der Waals surface area contributed by atoms with Gasteiger partial charge >= 0.3 is 0 Å². The zero-order chi connectivity index (χ0) is 15.8. The average molecular weight is 287 g/mol. The van der Waals surface area contributed by atoms with Gasteiger partial charge in [-0.15, -0.1) is 0 Å². The highest BCUT2D eigenvalue weighted by Crippen LogP contribution is 2.24. The highest BCUT2D eigenvalue weighted by atomic mass is 16.2. The molecule has 2 rings (SSSR count). The number of nitrogens with one attached hydrogen (secondary N) is 1. The van der Waals surface area contributed by atoms with Crippen molar-refractivity contribution in [3.8, 4) is 0 Å². The van der Waals surface area contributed by atoms with Crippen LogP contribution in [0.5, 0.6) is 0 Å². The largest absolute Gasteiger partial charge is 0.364 e. The third kappa shape index (κ3) is 3.42. The van der Waals surface area contributed by atoms with Gasteiger partial charge in [0.15, 0.2) is 0 Å². The van der Waals surface area contributed by atoms with Gasteiger partial charge in [0.25, 0.3) is 5.91 Å². The number of anilines is 1. The molecular formula is C16H21N3O2. The van der Waals surface area contributed by atoms with Crippen LogP contribution in [-0.4, -0.2) is 16.4 Å². The lowest BCUT2D eigenvalue weighted by Gasteiger charge is -2.17. The van der Waals surface area contributed by atoms with Gasteiger partial charge in [0, 0.05) is 30.1 Å². The van der Waals surface area contributed by atoms with E-state index in [2.05, 4.69) is 5.32 Å². The van der Waals surface area contributed by atoms with E-state index in [0.29, 0.717) is 12.1 Å². The predicted molar refractivity (Wildman–Crippen MR) is 84.1 cm³/mol. The molecule has 112 valence electrons. The first-order chi connectivity index (χ1) is 9.67. The minimum Gasteiger partial charge on any atom is -0.364 e. The number of nitrogens with two attached hydrogens (primary N) is 1. The molecule has 3 N–H and O–H groups in total. The summed E-state index contributed by atoms with van der Waals surface area (Å²) in [6.45, 7) is 6.06. The minimum atomic E-state index is -0.466. The van der Waals surface area contributed by atoms with E-state index in [9.17, 15) is 9.59 Å². The van der Waals surface area contributed by atoms with E-state index in [1.165, 1.54) is 0 Å². The number of primary amides is 1. The fraction of sp³-hybridized carbons (Fsp3) is 0.375. The Morgan fingerprint density at radius 2 is 1.90 bits per heavy atom. The second kappa shape index (κ2) is 5.24. The van der Waals surface area contributed by atoms with Crippen LogP contribution in [0, 0.1) is 5.41 Å². The molecule has 1 aromatic carbocycles. The second-order valence-electron chi connectivity index (χ2n) is 6.51. The van der Waals surface area contributed by atoms with Crippen molar-refractivity contribution in [2.24, 2.45) is 18.2 Å². The Bertz CT molecular complexity index is 708. The number of amides is 2. The molecule has 2 aromatic rings. The SMILES string of the molecule is Cn1c(C(N)=O)cc2cc(NC(=O)CC(C)(C)C)ccc21. The first-order valence-corrected chi connectivity index (χ1v) is 6.86. The maximum absolute atomic E-state index is 12.0. The number of hydrogen-bond donors (Lipinski definition) is 2. The van der Waals surface area contributed by atoms with Gasteiger partial charge in [0.05, 0.1) is 0 Å². The molecule has 1 heterocycles. The normalized spacial score (nSPS) is 11.6. The molecular weight excluding hydrogens is 266 g/mol. The molecule has 5 nitrogen and oxygen atoms in total. The standard InChI is InChI=1S/C16H21N3O2/c1-16(2,3)9-14(20)18-11-5-6-12-10(7-11)8-13(15(17)21)19(12)4/h5-8H,9H2,1-4H3,(H2,17,21)(H,18,20). The highest BCUT2D eigenvalue weighted by Gasteiger charge is 2.16. The van der Waals surface area contributed by atoms with Gasteiger partial charge in [0.2, 0.25) is 5.91 Å². The number of rotatable bonds is 3. The number of benzene rings is 1. The first-order valence-electron chi connectivity index (χ1n) is 6.86. The Morgan fingerprint density at radius 3 is 2.48 bits per heavy atom. The molecule has 0 bridgehead atoms. The molecule has 0 unspecified atom stereocenters. The Hall–Kier alpha value is -2.30. The molecule has 0 aliphatic carbocycles. The van der Waals surface area contributed by atoms with Gasteiger partial charge in [-0.3, -0.25) is 9.59 Å². The molecule has 0 aliphatic rings. The Kier molecular flexibility index (Phi) is 3.77. The van der Waals surface area contributed by atoms with Crippen molar-refractivity contribution in [2.45, 2.75) is 27.2 Å². The van der Waals surface area contributed by atoms with Crippen LogP contribution in [0.1, 0.15) is 37.7 Å². The van der Waals surface area contributed by atoms with Gasteiger partial charge in [0.1, 0.15) is 5.69 Å². The molecule has 0 aliphatic heterocycles. The van der Waals surface area contributed by atoms with E-state index in [4.69, 9.17) is 5.73 Å². The van der Waals surface area contributed by atoms with Gasteiger partial charge in [-0.25, -0.2) is 0 Å². The van der Waals surface area contributed by atoms with Gasteiger partial charge in [-0.2, -0.15) is 0 Å². The van der Waals surface area contributed by atoms with E-state index in [1.54, 1.807) is 17.7 Å². The third-order valence-electron chi connectivity index (χ3n) is 3.27. The van der Waals surface area contributed by atoms with Gasteiger partial charge in [-0.1, -0.05) is 20.8 Å². The van der Waals surface area contributed by atoms with Crippen molar-refractivity contribution in [2.75, 3.05) is 5.32 Å². The summed E-state index contributed by atoms with van der Waals surface area (Å²) in [5, 5.41) is 3.76. The molecule has 0 radical (unpaired) electrons. The average Bonchev–Trinajstić information content (AvgIpc) is 2.64. The van der Waals surface area contributed by atoms with Crippen LogP contribution in [0.2, 0.25) is 0 Å². The Labute approximate surface area is 124 Å². The number of hydrogen-bond acceptors (Lipinski definition) is 2. The number of aromatic nitrogens is 1. The predicted octanol–water partition coefficient (Wildman–Crippen LogP) is 2.65. The Morgan fingerprint density at radius 1 is 1.24 bits per heavy atom. The quantitative estimate of drug-likeness (QED) is 0.910. The number of aryl methyl sites for hydroxylation is 1. The summed E-state index contributed by atoms with van der Waals surface area (Å²) in [6.07, 6.45) is 0.451. The second-order valence-corrected chi connectivity index (χ2v) is 6.51. The highest BCUT2D eigenvalue weighted by molar-refractivity contribution is 5.99. The van der Waals surface area contributed by atoms with Crippen molar-refractivity contribution < 1.29 is 9.59 Å². The summed E-state index contributed by atoms with van der Waals surface area (Å²) in [5.41, 5.74) is 7.35. The number of nitrogens with zero attached hydrogens (tertiary/aromatic N) is 1. The van der Waals surface area contributed by atoms with E-state index >= 15 is 0 Å². The molecule has 0 saturated carbocycles. The van der Waals surface area contributed by atoms with Gasteiger partial charge in [-0.05, 0) is 29.7 Å². The summed E-state index contributed by atoms with van der Waals surface area (Å²) in [6, 6.07) is 7.28. The lowest BCUT2D eigenvalue weighted by atomic mass is 9.92. The summed E-state index contributed by atoms with van der Waals surface area (Å²) in [7, 11) is 1.79. The summed E-state index contributed by atoms with van der Waals surface area (Å²) >= 11 is 0. The number of fused-ring (bicyclic) bond motifs is 1. The van der Waals surface area contributed by atoms with Crippen LogP contribution in [0.15, 0.2) is 24.3 Å². The van der Waals surface area contributed by atoms with Crippen molar-refractivity contribution in [1.29, 1.82) is 0 Å². The van der Waals surface area contributed by atoms with E-state index in [0.717, 1.165) is 16.6 Å². The summed E-state index contributed by atoms with van der Waals surface area (Å²) in [5.74, 6) is -0.486. The summed E-state index contributed by atoms with van der Waals surface area (Å²) in [4.78, 5) is 23.3. The number of carbonyl (C=O) groups excluding carboxylic acids is 2. The molecule has 5 heteroatoms. The van der Waals surface area contributed by atoms with Crippen LogP contribution in [0.3, 0.4) is 0 Å². The maximum atomic E-state index is 12.0. The number of carbonyl (C=O) groups is 2. The van der Waals surface area contributed by atoms with Crippen LogP contribution >= 0.6 is 0 Å². The molecule has 0 fully saturated rings. The molecule has 2 amide bonds. The molecule has 0 atom stereocenters. The maximum Gasteiger partial charge on any atom is 0.265 e. The minimum absolute atomic E-state index is 0.0205. The van der Waals surface area contributed by atoms with Crippen LogP contribution < -0.4 is 11.1 Å². The third-order valence-corrected chi connectivity index (χ3v) is 3.27. The van der Waals surface area contributed by atoms with Crippen LogP contribution in [-0.2, 0) is 11.8 Å². The van der Waals surface area contributed by atoms with Gasteiger partial charge < -0.3 is 15.6 Å². The van der Waals surface area contributed by atoms with Crippen molar-refractivity contribution in [1.82, 2.24) is 4.57 Å². The molecule has 21 heavy (non-hydrogen) atoms. The lowest BCUT2D eigenvalue weighted by Crippen LogP contribution is -2.19. The van der Waals surface area contributed by atoms with Crippen molar-refractivity contribution in [3.05, 3.63) is 30.0 Å². The first kappa shape index (κ1) is 15.1. The fourth-order valence-corrected chi connectivity index (χ4v) is 2.35. The molecule has 0 spiro atoms. The smallest absolute Gasteiger partial charge is 0.265 e. The fourth-order valence-electron chi connectivity index (χ4n) is 2.35. The van der Waals surface area contributed by atoms with Crippen molar-refractivity contribution in [3.63, 3.8) is 0 Å². The molecule has 0 saturated heterocycles. The van der Waals surface area contributed by atoms with Crippen molar-refractivity contribution >= 4 is 28.4 Å². The van der Waals surface area contributed by atoms with Crippen LogP contribution in [0.4, 0.5) is 5.69 Å². The van der Waals surface area contributed by atoms with Crippen LogP contribution in [0.25, 0.3) is 10.9 Å². The monoisotopic (exact) mass is 287 g/mol. The molecule has 1 aromatic heterocycles. The summed E-state index contributed by atoms with van der Waals surface area (Å²) < 4.78 is 1.75. The topological polar surface area (TPSA) is 77.1 Å². The lowest BCUT2D eigenvalue weighted by molar-refractivity contribution is -0.117. The zero-order valence-corrected chi connectivity index (χ0v) is 12.9. The van der Waals surface area contributed by atoms with E-state index < -0.39 is 5.91 Å². The Balaban J connectivity index is 2.27. The van der Waals surface area contributed by atoms with E-state index in [1.807, 2.05) is 39.0 Å².